The van der Waals surface area contributed by atoms with Crippen LogP contribution in [0.1, 0.15) is 18.6 Å². The van der Waals surface area contributed by atoms with Gasteiger partial charge in [0.25, 0.3) is 0 Å². The summed E-state index contributed by atoms with van der Waals surface area (Å²) in [6.45, 7) is 1.67. The van der Waals surface area contributed by atoms with Gasteiger partial charge in [-0.05, 0) is 28.9 Å². The summed E-state index contributed by atoms with van der Waals surface area (Å²) in [7, 11) is 1.56. The van der Waals surface area contributed by atoms with Crippen molar-refractivity contribution in [3.05, 3.63) is 22.4 Å². The summed E-state index contributed by atoms with van der Waals surface area (Å²) in [4.78, 5) is 3.99. The molecule has 0 saturated heterocycles. The molecule has 1 rings (SSSR count). The number of hydrogen-bond donors (Lipinski definition) is 1. The van der Waals surface area contributed by atoms with Crippen LogP contribution in [0.4, 0.5) is 0 Å². The summed E-state index contributed by atoms with van der Waals surface area (Å²) in [6.07, 6.45) is 1.04. The maximum Gasteiger partial charge on any atom is 0.128 e. The Kier molecular flexibility index (Phi) is 3.05. The van der Waals surface area contributed by atoms with E-state index in [2.05, 4.69) is 20.9 Å². The smallest absolute Gasteiger partial charge is 0.128 e. The average Bonchev–Trinajstić information content (AvgIpc) is 2.03. The molecule has 66 valence electrons. The van der Waals surface area contributed by atoms with Gasteiger partial charge in [0.15, 0.2) is 0 Å². The quantitative estimate of drug-likeness (QED) is 0.792. The molecular formula is C8H10BrNO2. The number of rotatable bonds is 2. The summed E-state index contributed by atoms with van der Waals surface area (Å²) in [6, 6.07) is 1.72. The molecule has 0 aliphatic carbocycles. The van der Waals surface area contributed by atoms with Gasteiger partial charge in [-0.25, -0.2) is 4.98 Å². The van der Waals surface area contributed by atoms with Gasteiger partial charge in [0.1, 0.15) is 10.4 Å². The first-order valence-electron chi connectivity index (χ1n) is 3.53. The second kappa shape index (κ2) is 3.87. The minimum absolute atomic E-state index is 0.581. The van der Waals surface area contributed by atoms with Crippen LogP contribution in [-0.4, -0.2) is 17.2 Å². The van der Waals surface area contributed by atoms with E-state index in [0.29, 0.717) is 15.9 Å². The van der Waals surface area contributed by atoms with Crippen molar-refractivity contribution in [2.75, 3.05) is 7.11 Å². The van der Waals surface area contributed by atoms with E-state index in [0.717, 1.165) is 0 Å². The lowest BCUT2D eigenvalue weighted by atomic mass is 10.2. The van der Waals surface area contributed by atoms with Gasteiger partial charge in [-0.2, -0.15) is 0 Å². The highest BCUT2D eigenvalue weighted by Crippen LogP contribution is 2.29. The van der Waals surface area contributed by atoms with Crippen LogP contribution < -0.4 is 4.74 Å². The third-order valence-electron chi connectivity index (χ3n) is 1.54. The highest BCUT2D eigenvalue weighted by atomic mass is 79.9. The molecule has 4 heteroatoms. The van der Waals surface area contributed by atoms with Crippen LogP contribution in [0.25, 0.3) is 0 Å². The number of nitrogens with zero attached hydrogens (tertiary/aromatic N) is 1. The molecule has 3 nitrogen and oxygen atoms in total. The van der Waals surface area contributed by atoms with Crippen LogP contribution in [0.5, 0.6) is 5.75 Å². The number of aromatic nitrogens is 1. The molecule has 0 amide bonds. The van der Waals surface area contributed by atoms with Crippen LogP contribution in [0.3, 0.4) is 0 Å². The topological polar surface area (TPSA) is 42.4 Å². The molecular weight excluding hydrogens is 222 g/mol. The number of aliphatic hydroxyl groups excluding tert-OH is 1. The standard InChI is InChI=1S/C8H10BrNO2/c1-5(11)7-6(12-2)3-4-10-8(7)9/h3-5,11H,1-2H3. The van der Waals surface area contributed by atoms with Crippen molar-refractivity contribution in [2.24, 2.45) is 0 Å². The van der Waals surface area contributed by atoms with Gasteiger partial charge in [-0.3, -0.25) is 0 Å². The minimum Gasteiger partial charge on any atom is -0.496 e. The normalized spacial score (nSPS) is 12.7. The predicted molar refractivity (Wildman–Crippen MR) is 49.1 cm³/mol. The van der Waals surface area contributed by atoms with E-state index in [-0.39, 0.29) is 0 Å². The molecule has 12 heavy (non-hydrogen) atoms. The molecule has 1 aromatic rings. The zero-order chi connectivity index (χ0) is 9.14. The van der Waals surface area contributed by atoms with E-state index < -0.39 is 6.10 Å². The summed E-state index contributed by atoms with van der Waals surface area (Å²) in [5.41, 5.74) is 0.681. The van der Waals surface area contributed by atoms with Crippen LogP contribution in [0.15, 0.2) is 16.9 Å². The van der Waals surface area contributed by atoms with E-state index >= 15 is 0 Å². The largest absolute Gasteiger partial charge is 0.496 e. The van der Waals surface area contributed by atoms with E-state index in [1.54, 1.807) is 26.3 Å². The number of aliphatic hydroxyl groups is 1. The van der Waals surface area contributed by atoms with Crippen molar-refractivity contribution in [3.8, 4) is 5.75 Å². The van der Waals surface area contributed by atoms with E-state index in [1.165, 1.54) is 0 Å². The molecule has 0 aliphatic rings. The van der Waals surface area contributed by atoms with Gasteiger partial charge < -0.3 is 9.84 Å². The minimum atomic E-state index is -0.581. The molecule has 0 saturated carbocycles. The lowest BCUT2D eigenvalue weighted by Crippen LogP contribution is -1.98. The van der Waals surface area contributed by atoms with Crippen molar-refractivity contribution < 1.29 is 9.84 Å². The summed E-state index contributed by atoms with van der Waals surface area (Å²) in [5, 5.41) is 9.37. The molecule has 0 spiro atoms. The molecule has 0 bridgehead atoms. The van der Waals surface area contributed by atoms with Crippen molar-refractivity contribution in [1.82, 2.24) is 4.98 Å². The number of hydrogen-bond acceptors (Lipinski definition) is 3. The van der Waals surface area contributed by atoms with Gasteiger partial charge in [0.05, 0.1) is 18.8 Å². The van der Waals surface area contributed by atoms with Crippen molar-refractivity contribution in [3.63, 3.8) is 0 Å². The highest BCUT2D eigenvalue weighted by molar-refractivity contribution is 9.10. The Morgan fingerprint density at radius 2 is 2.33 bits per heavy atom. The average molecular weight is 232 g/mol. The van der Waals surface area contributed by atoms with Gasteiger partial charge in [0, 0.05) is 6.20 Å². The van der Waals surface area contributed by atoms with Crippen LogP contribution in [-0.2, 0) is 0 Å². The van der Waals surface area contributed by atoms with Gasteiger partial charge in [-0.15, -0.1) is 0 Å². The Morgan fingerprint density at radius 1 is 1.67 bits per heavy atom. The number of ether oxygens (including phenoxy) is 1. The Bertz CT molecular complexity index is 276. The molecule has 0 aromatic carbocycles. The number of halogens is 1. The Morgan fingerprint density at radius 3 is 2.75 bits per heavy atom. The van der Waals surface area contributed by atoms with E-state index in [1.807, 2.05) is 0 Å². The fraction of sp³-hybridized carbons (Fsp3) is 0.375. The molecule has 0 radical (unpaired) electrons. The van der Waals surface area contributed by atoms with Gasteiger partial charge in [0.2, 0.25) is 0 Å². The maximum absolute atomic E-state index is 9.37. The second-order valence-electron chi connectivity index (χ2n) is 2.39. The predicted octanol–water partition coefficient (Wildman–Crippen LogP) is 1.91. The zero-order valence-corrected chi connectivity index (χ0v) is 8.50. The first-order chi connectivity index (χ1) is 5.66. The number of methoxy groups -OCH3 is 1. The third kappa shape index (κ3) is 1.76. The summed E-state index contributed by atoms with van der Waals surface area (Å²) in [5.74, 6) is 0.645. The van der Waals surface area contributed by atoms with Crippen molar-refractivity contribution >= 4 is 15.9 Å². The van der Waals surface area contributed by atoms with Crippen LogP contribution in [0, 0.1) is 0 Å². The summed E-state index contributed by atoms with van der Waals surface area (Å²) >= 11 is 3.24. The zero-order valence-electron chi connectivity index (χ0n) is 6.91. The number of pyridine rings is 1. The Labute approximate surface area is 79.5 Å². The second-order valence-corrected chi connectivity index (χ2v) is 3.14. The molecule has 1 unspecified atom stereocenters. The Hall–Kier alpha value is -0.610. The molecule has 0 fully saturated rings. The summed E-state index contributed by atoms with van der Waals surface area (Å²) < 4.78 is 5.68. The third-order valence-corrected chi connectivity index (χ3v) is 2.17. The molecule has 1 atom stereocenters. The van der Waals surface area contributed by atoms with E-state index in [9.17, 15) is 5.11 Å². The van der Waals surface area contributed by atoms with Gasteiger partial charge in [-0.1, -0.05) is 0 Å². The lowest BCUT2D eigenvalue weighted by Gasteiger charge is -2.11. The first kappa shape index (κ1) is 9.48. The van der Waals surface area contributed by atoms with Crippen molar-refractivity contribution in [2.45, 2.75) is 13.0 Å². The first-order valence-corrected chi connectivity index (χ1v) is 4.32. The van der Waals surface area contributed by atoms with Crippen LogP contribution in [0.2, 0.25) is 0 Å². The fourth-order valence-corrected chi connectivity index (χ4v) is 1.63. The monoisotopic (exact) mass is 231 g/mol. The van der Waals surface area contributed by atoms with E-state index in [4.69, 9.17) is 4.74 Å². The molecule has 1 heterocycles. The fourth-order valence-electron chi connectivity index (χ4n) is 0.988. The SMILES string of the molecule is COc1ccnc(Br)c1C(C)O. The van der Waals surface area contributed by atoms with Crippen molar-refractivity contribution in [1.29, 1.82) is 0 Å². The molecule has 0 aliphatic heterocycles. The van der Waals surface area contributed by atoms with Gasteiger partial charge >= 0.3 is 0 Å². The molecule has 1 aromatic heterocycles. The Balaban J connectivity index is 3.20. The molecule has 1 N–H and O–H groups in total. The lowest BCUT2D eigenvalue weighted by molar-refractivity contribution is 0.193. The maximum atomic E-state index is 9.37. The van der Waals surface area contributed by atoms with Crippen LogP contribution >= 0.6 is 15.9 Å². The highest BCUT2D eigenvalue weighted by Gasteiger charge is 2.12.